The molecule has 0 aliphatic carbocycles. The third kappa shape index (κ3) is 3.30. The van der Waals surface area contributed by atoms with E-state index in [0.717, 1.165) is 0 Å². The number of alkyl halides is 4. The van der Waals surface area contributed by atoms with Crippen molar-refractivity contribution >= 4 is 6.29 Å². The molecule has 2 unspecified atom stereocenters. The van der Waals surface area contributed by atoms with Crippen molar-refractivity contribution in [1.82, 2.24) is 0 Å². The largest absolute Gasteiger partial charge is 0.445 e. The highest BCUT2D eigenvalue weighted by molar-refractivity contribution is 5.59. The number of hydrogen-bond acceptors (Lipinski definition) is 2. The van der Waals surface area contributed by atoms with Gasteiger partial charge in [-0.2, -0.15) is 13.2 Å². The highest BCUT2D eigenvalue weighted by Crippen LogP contribution is 2.28. The lowest BCUT2D eigenvalue weighted by atomic mass is 10.1. The Morgan fingerprint density at radius 2 is 1.75 bits per heavy atom. The fourth-order valence-corrected chi connectivity index (χ4v) is 1.04. The first-order valence-corrected chi connectivity index (χ1v) is 4.31. The summed E-state index contributed by atoms with van der Waals surface area (Å²) in [5.41, 5.74) is 0.171. The minimum absolute atomic E-state index is 0.119. The maximum absolute atomic E-state index is 12.5. The molecule has 88 valence electrons. The second-order valence-electron chi connectivity index (χ2n) is 2.96. The Balaban J connectivity index is 2.74. The van der Waals surface area contributed by atoms with Crippen LogP contribution >= 0.6 is 0 Å². The average Bonchev–Trinajstić information content (AvgIpc) is 2.25. The van der Waals surface area contributed by atoms with Gasteiger partial charge in [0.15, 0.2) is 6.29 Å². The quantitative estimate of drug-likeness (QED) is 0.593. The third-order valence-corrected chi connectivity index (χ3v) is 1.78. The van der Waals surface area contributed by atoms with Crippen LogP contribution in [0.3, 0.4) is 0 Å². The summed E-state index contributed by atoms with van der Waals surface area (Å²) in [6.45, 7) is 0. The SMILES string of the molecule is O=CC(OC(F)C(F)(F)F)c1ccccc1. The normalized spacial score (nSPS) is 15.5. The molecule has 0 amide bonds. The van der Waals surface area contributed by atoms with Crippen LogP contribution in [0.15, 0.2) is 30.3 Å². The zero-order valence-electron chi connectivity index (χ0n) is 7.95. The summed E-state index contributed by atoms with van der Waals surface area (Å²) >= 11 is 0. The number of benzene rings is 1. The van der Waals surface area contributed by atoms with E-state index in [0.29, 0.717) is 0 Å². The van der Waals surface area contributed by atoms with Crippen LogP contribution in [0.25, 0.3) is 0 Å². The van der Waals surface area contributed by atoms with Gasteiger partial charge in [-0.1, -0.05) is 30.3 Å². The van der Waals surface area contributed by atoms with Crippen LogP contribution in [-0.4, -0.2) is 18.8 Å². The Morgan fingerprint density at radius 3 is 2.19 bits per heavy atom. The van der Waals surface area contributed by atoms with Crippen LogP contribution in [0, 0.1) is 0 Å². The van der Waals surface area contributed by atoms with Gasteiger partial charge in [0.05, 0.1) is 0 Å². The van der Waals surface area contributed by atoms with Gasteiger partial charge in [-0.15, -0.1) is 0 Å². The van der Waals surface area contributed by atoms with E-state index in [2.05, 4.69) is 4.74 Å². The minimum Gasteiger partial charge on any atom is -0.325 e. The molecule has 6 heteroatoms. The molecule has 1 rings (SSSR count). The molecule has 2 atom stereocenters. The van der Waals surface area contributed by atoms with Crippen molar-refractivity contribution in [2.45, 2.75) is 18.6 Å². The van der Waals surface area contributed by atoms with Crippen molar-refractivity contribution < 1.29 is 27.1 Å². The zero-order valence-corrected chi connectivity index (χ0v) is 7.95. The molecule has 0 N–H and O–H groups in total. The third-order valence-electron chi connectivity index (χ3n) is 1.78. The average molecular weight is 236 g/mol. The molecule has 0 fully saturated rings. The van der Waals surface area contributed by atoms with E-state index in [4.69, 9.17) is 0 Å². The van der Waals surface area contributed by atoms with E-state index in [-0.39, 0.29) is 11.8 Å². The molecular formula is C10H8F4O2. The van der Waals surface area contributed by atoms with Gasteiger partial charge in [-0.3, -0.25) is 0 Å². The molecule has 0 bridgehead atoms. The number of ether oxygens (including phenoxy) is 1. The molecule has 1 aromatic rings. The van der Waals surface area contributed by atoms with Crippen molar-refractivity contribution in [3.05, 3.63) is 35.9 Å². The summed E-state index contributed by atoms with van der Waals surface area (Å²) < 4.78 is 52.1. The van der Waals surface area contributed by atoms with Crippen molar-refractivity contribution in [3.63, 3.8) is 0 Å². The summed E-state index contributed by atoms with van der Waals surface area (Å²) in [6, 6.07) is 7.39. The van der Waals surface area contributed by atoms with Crippen LogP contribution in [0.2, 0.25) is 0 Å². The van der Waals surface area contributed by atoms with E-state index in [1.54, 1.807) is 6.07 Å². The fraction of sp³-hybridized carbons (Fsp3) is 0.300. The van der Waals surface area contributed by atoms with Crippen LogP contribution in [0.1, 0.15) is 11.7 Å². The first-order chi connectivity index (χ1) is 7.45. The van der Waals surface area contributed by atoms with Gasteiger partial charge in [-0.25, -0.2) is 4.39 Å². The number of aldehydes is 1. The van der Waals surface area contributed by atoms with Gasteiger partial charge in [0.2, 0.25) is 0 Å². The standard InChI is InChI=1S/C10H8F4O2/c11-9(10(12,13)14)16-8(6-15)7-4-2-1-3-5-7/h1-6,8-9H. The molecule has 1 aromatic carbocycles. The molecule has 0 aliphatic rings. The Kier molecular flexibility index (Phi) is 4.00. The van der Waals surface area contributed by atoms with Crippen LogP contribution in [-0.2, 0) is 9.53 Å². The molecule has 2 nitrogen and oxygen atoms in total. The highest BCUT2D eigenvalue weighted by Gasteiger charge is 2.43. The molecule has 0 saturated heterocycles. The lowest BCUT2D eigenvalue weighted by Crippen LogP contribution is -2.29. The first-order valence-electron chi connectivity index (χ1n) is 4.31. The molecule has 0 spiro atoms. The van der Waals surface area contributed by atoms with Crippen molar-refractivity contribution in [2.24, 2.45) is 0 Å². The summed E-state index contributed by atoms with van der Waals surface area (Å²) in [6.07, 6.45) is -10.0. The second-order valence-corrected chi connectivity index (χ2v) is 2.96. The van der Waals surface area contributed by atoms with Gasteiger partial charge in [0.1, 0.15) is 6.10 Å². The van der Waals surface area contributed by atoms with Crippen LogP contribution in [0.5, 0.6) is 0 Å². The number of carbonyl (C=O) groups excluding carboxylic acids is 1. The molecule has 0 aromatic heterocycles. The van der Waals surface area contributed by atoms with Crippen molar-refractivity contribution in [2.75, 3.05) is 0 Å². The highest BCUT2D eigenvalue weighted by atomic mass is 19.4. The Bertz CT molecular complexity index is 336. The van der Waals surface area contributed by atoms with E-state index >= 15 is 0 Å². The van der Waals surface area contributed by atoms with Crippen molar-refractivity contribution in [3.8, 4) is 0 Å². The van der Waals surface area contributed by atoms with Gasteiger partial charge in [0, 0.05) is 0 Å². The van der Waals surface area contributed by atoms with Gasteiger partial charge in [0.25, 0.3) is 6.36 Å². The molecule has 0 heterocycles. The van der Waals surface area contributed by atoms with Gasteiger partial charge < -0.3 is 9.53 Å². The number of halogens is 4. The minimum atomic E-state index is -5.13. The zero-order chi connectivity index (χ0) is 12.2. The van der Waals surface area contributed by atoms with Gasteiger partial charge in [-0.05, 0) is 5.56 Å². The summed E-state index contributed by atoms with van der Waals surface area (Å²) in [5, 5.41) is 0. The molecule has 0 radical (unpaired) electrons. The number of rotatable bonds is 4. The lowest BCUT2D eigenvalue weighted by Gasteiger charge is -2.17. The molecule has 0 aliphatic heterocycles. The first kappa shape index (κ1) is 12.6. The summed E-state index contributed by atoms with van der Waals surface area (Å²) in [5.74, 6) is 0. The smallest absolute Gasteiger partial charge is 0.325 e. The van der Waals surface area contributed by atoms with E-state index in [1.807, 2.05) is 0 Å². The fourth-order valence-electron chi connectivity index (χ4n) is 1.04. The topological polar surface area (TPSA) is 26.3 Å². The van der Waals surface area contributed by atoms with E-state index in [1.165, 1.54) is 24.3 Å². The van der Waals surface area contributed by atoms with Crippen LogP contribution < -0.4 is 0 Å². The predicted molar refractivity (Wildman–Crippen MR) is 47.3 cm³/mol. The summed E-state index contributed by atoms with van der Waals surface area (Å²) in [7, 11) is 0. The maximum Gasteiger partial charge on any atom is 0.445 e. The van der Waals surface area contributed by atoms with Crippen LogP contribution in [0.4, 0.5) is 17.6 Å². The Hall–Kier alpha value is -1.43. The molecular weight excluding hydrogens is 228 g/mol. The Morgan fingerprint density at radius 1 is 1.19 bits per heavy atom. The Labute approximate surface area is 88.8 Å². The monoisotopic (exact) mass is 236 g/mol. The molecule has 16 heavy (non-hydrogen) atoms. The maximum atomic E-state index is 12.5. The summed E-state index contributed by atoms with van der Waals surface area (Å²) in [4.78, 5) is 10.5. The van der Waals surface area contributed by atoms with Crippen molar-refractivity contribution in [1.29, 1.82) is 0 Å². The molecule has 0 saturated carbocycles. The predicted octanol–water partition coefficient (Wildman–Crippen LogP) is 2.80. The number of carbonyl (C=O) groups is 1. The van der Waals surface area contributed by atoms with Gasteiger partial charge >= 0.3 is 6.18 Å². The number of hydrogen-bond donors (Lipinski definition) is 0. The second kappa shape index (κ2) is 5.07. The lowest BCUT2D eigenvalue weighted by molar-refractivity contribution is -0.274. The van der Waals surface area contributed by atoms with E-state index in [9.17, 15) is 22.4 Å². The van der Waals surface area contributed by atoms with E-state index < -0.39 is 18.6 Å².